The van der Waals surface area contributed by atoms with E-state index in [1.165, 1.54) is 229 Å². The maximum atomic E-state index is 13.4. The molecule has 0 aliphatic heterocycles. The Balaban J connectivity index is 5.05. The Kier molecular flexibility index (Phi) is 59.8. The first-order chi connectivity index (χ1) is 37.9. The van der Waals surface area contributed by atoms with Crippen molar-refractivity contribution in [3.63, 3.8) is 0 Å². The quantitative estimate of drug-likeness (QED) is 0.0438. The molecule has 0 aromatic rings. The Morgan fingerprint density at radius 1 is 0.295 bits per heavy atom. The molecule has 6 unspecified atom stereocenters. The predicted octanol–water partition coefficient (Wildman–Crippen LogP) is 19.1. The SMILES string of the molecule is CCCCCCCCCCCCC(O)CN(CCCC(=O)SC(C)C(C)SC(=O)CCCN(CC(O)CCCCCCCCCCCC)CC(O)CCCCCCCCCCCC)CC(O)CCCCCCCCCCCC. The van der Waals surface area contributed by atoms with Crippen LogP contribution in [0.25, 0.3) is 0 Å². The van der Waals surface area contributed by atoms with Crippen LogP contribution in [0.2, 0.25) is 0 Å². The van der Waals surface area contributed by atoms with Gasteiger partial charge in [0.25, 0.3) is 0 Å². The molecule has 8 nitrogen and oxygen atoms in total. The van der Waals surface area contributed by atoms with Crippen molar-refractivity contribution in [3.05, 3.63) is 0 Å². The summed E-state index contributed by atoms with van der Waals surface area (Å²) in [5, 5.41) is 44.8. The number of hydrogen-bond donors (Lipinski definition) is 4. The molecule has 0 heterocycles. The normalized spacial score (nSPS) is 14.4. The van der Waals surface area contributed by atoms with E-state index in [0.717, 1.165) is 77.0 Å². The van der Waals surface area contributed by atoms with Crippen molar-refractivity contribution in [3.8, 4) is 0 Å². The maximum Gasteiger partial charge on any atom is 0.189 e. The van der Waals surface area contributed by atoms with Crippen LogP contribution >= 0.6 is 23.5 Å². The number of rotatable bonds is 63. The lowest BCUT2D eigenvalue weighted by atomic mass is 10.0. The molecule has 0 bridgehead atoms. The zero-order valence-electron chi connectivity index (χ0n) is 53.0. The molecule has 6 atom stereocenters. The molecule has 0 aliphatic rings. The van der Waals surface area contributed by atoms with Crippen molar-refractivity contribution in [2.75, 3.05) is 39.3 Å². The van der Waals surface area contributed by atoms with Crippen molar-refractivity contribution in [1.29, 1.82) is 0 Å². The number of thioether (sulfide) groups is 2. The summed E-state index contributed by atoms with van der Waals surface area (Å²) in [5.41, 5.74) is 0. The minimum atomic E-state index is -0.427. The second kappa shape index (κ2) is 59.9. The van der Waals surface area contributed by atoms with Crippen molar-refractivity contribution in [2.45, 2.75) is 385 Å². The van der Waals surface area contributed by atoms with Gasteiger partial charge in [-0.15, -0.1) is 0 Å². The Labute approximate surface area is 494 Å². The first kappa shape index (κ1) is 77.8. The van der Waals surface area contributed by atoms with Crippen LogP contribution in [0.15, 0.2) is 0 Å². The highest BCUT2D eigenvalue weighted by molar-refractivity contribution is 8.17. The molecule has 0 fully saturated rings. The number of aliphatic hydroxyl groups excluding tert-OH is 4. The number of carbonyl (C=O) groups excluding carboxylic acids is 2. The van der Waals surface area contributed by atoms with Crippen molar-refractivity contribution < 1.29 is 30.0 Å². The van der Waals surface area contributed by atoms with Crippen LogP contribution in [0.4, 0.5) is 0 Å². The van der Waals surface area contributed by atoms with Crippen molar-refractivity contribution in [1.82, 2.24) is 9.80 Å². The van der Waals surface area contributed by atoms with Gasteiger partial charge >= 0.3 is 0 Å². The maximum absolute atomic E-state index is 13.4. The molecule has 4 N–H and O–H groups in total. The van der Waals surface area contributed by atoms with E-state index >= 15 is 0 Å². The van der Waals surface area contributed by atoms with Gasteiger partial charge in [-0.25, -0.2) is 0 Å². The highest BCUT2D eigenvalue weighted by atomic mass is 32.2. The molecule has 0 aromatic heterocycles. The molecule has 78 heavy (non-hydrogen) atoms. The lowest BCUT2D eigenvalue weighted by molar-refractivity contribution is -0.112. The highest BCUT2D eigenvalue weighted by Gasteiger charge is 2.23. The fraction of sp³-hybridized carbons (Fsp3) is 0.971. The molecule has 0 saturated heterocycles. The van der Waals surface area contributed by atoms with Gasteiger partial charge in [0.15, 0.2) is 10.2 Å². The summed E-state index contributed by atoms with van der Waals surface area (Å²) in [5.74, 6) is 0. The van der Waals surface area contributed by atoms with Gasteiger partial charge in [0.2, 0.25) is 0 Å². The molecular weight excluding hydrogens is 1000 g/mol. The van der Waals surface area contributed by atoms with Crippen LogP contribution in [-0.2, 0) is 9.59 Å². The molecule has 0 spiro atoms. The van der Waals surface area contributed by atoms with Gasteiger partial charge in [0.1, 0.15) is 0 Å². The van der Waals surface area contributed by atoms with Crippen LogP contribution in [0.5, 0.6) is 0 Å². The Morgan fingerprint density at radius 2 is 0.474 bits per heavy atom. The number of hydrogen-bond acceptors (Lipinski definition) is 10. The van der Waals surface area contributed by atoms with Crippen molar-refractivity contribution >= 4 is 33.8 Å². The van der Waals surface area contributed by atoms with Crippen LogP contribution in [0, 0.1) is 0 Å². The van der Waals surface area contributed by atoms with E-state index in [4.69, 9.17) is 0 Å². The third-order valence-corrected chi connectivity index (χ3v) is 19.1. The van der Waals surface area contributed by atoms with Crippen LogP contribution in [0.1, 0.15) is 350 Å². The fourth-order valence-corrected chi connectivity index (χ4v) is 13.2. The van der Waals surface area contributed by atoms with E-state index in [9.17, 15) is 30.0 Å². The molecular formula is C68H136N2O6S2. The van der Waals surface area contributed by atoms with E-state index in [1.807, 2.05) is 0 Å². The average molecular weight is 1140 g/mol. The third kappa shape index (κ3) is 55.0. The summed E-state index contributed by atoms with van der Waals surface area (Å²) in [4.78, 5) is 31.1. The Hall–Kier alpha value is -0.200. The second-order valence-electron chi connectivity index (χ2n) is 24.6. The van der Waals surface area contributed by atoms with E-state index in [0.29, 0.717) is 65.0 Å². The van der Waals surface area contributed by atoms with Crippen LogP contribution in [0.3, 0.4) is 0 Å². The summed E-state index contributed by atoms with van der Waals surface area (Å²) < 4.78 is 0. The van der Waals surface area contributed by atoms with E-state index < -0.39 is 24.4 Å². The zero-order chi connectivity index (χ0) is 57.4. The Morgan fingerprint density at radius 3 is 0.667 bits per heavy atom. The van der Waals surface area contributed by atoms with E-state index in [-0.39, 0.29) is 20.7 Å². The first-order valence-corrected chi connectivity index (χ1v) is 36.3. The summed E-state index contributed by atoms with van der Waals surface area (Å²) >= 11 is 2.71. The minimum Gasteiger partial charge on any atom is -0.392 e. The van der Waals surface area contributed by atoms with Gasteiger partial charge in [-0.05, 0) is 51.6 Å². The monoisotopic (exact) mass is 1140 g/mol. The lowest BCUT2D eigenvalue weighted by Gasteiger charge is -2.27. The average Bonchev–Trinajstić information content (AvgIpc) is 3.40. The number of nitrogens with zero attached hydrogens (tertiary/aromatic N) is 2. The minimum absolute atomic E-state index is 0.00769. The molecule has 10 heteroatoms. The zero-order valence-corrected chi connectivity index (χ0v) is 54.6. The van der Waals surface area contributed by atoms with Crippen LogP contribution in [-0.4, -0.2) is 115 Å². The van der Waals surface area contributed by atoms with E-state index in [2.05, 4.69) is 51.3 Å². The number of aliphatic hydroxyl groups is 4. The van der Waals surface area contributed by atoms with Gasteiger partial charge in [-0.1, -0.05) is 322 Å². The fourth-order valence-electron chi connectivity index (χ4n) is 11.2. The van der Waals surface area contributed by atoms with Gasteiger partial charge < -0.3 is 20.4 Å². The predicted molar refractivity (Wildman–Crippen MR) is 345 cm³/mol. The molecule has 0 saturated carbocycles. The smallest absolute Gasteiger partial charge is 0.189 e. The molecule has 0 aliphatic carbocycles. The Bertz CT molecular complexity index is 1090. The van der Waals surface area contributed by atoms with Crippen molar-refractivity contribution in [2.24, 2.45) is 0 Å². The summed E-state index contributed by atoms with van der Waals surface area (Å²) in [7, 11) is 0. The molecule has 0 rings (SSSR count). The third-order valence-electron chi connectivity index (χ3n) is 16.4. The van der Waals surface area contributed by atoms with Gasteiger partial charge in [-0.2, -0.15) is 0 Å². The highest BCUT2D eigenvalue weighted by Crippen LogP contribution is 2.28. The summed E-state index contributed by atoms with van der Waals surface area (Å²) in [6, 6.07) is 0. The molecule has 0 radical (unpaired) electrons. The van der Waals surface area contributed by atoms with Gasteiger partial charge in [-0.3, -0.25) is 19.4 Å². The summed E-state index contributed by atoms with van der Waals surface area (Å²) in [6.45, 7) is 16.7. The number of carbonyl (C=O) groups is 2. The van der Waals surface area contributed by atoms with Gasteiger partial charge in [0, 0.05) is 49.5 Å². The lowest BCUT2D eigenvalue weighted by Crippen LogP contribution is -2.39. The number of unbranched alkanes of at least 4 members (excludes halogenated alkanes) is 36. The topological polar surface area (TPSA) is 122 Å². The summed E-state index contributed by atoms with van der Waals surface area (Å²) in [6.07, 6.45) is 54.6. The molecule has 0 aromatic carbocycles. The largest absolute Gasteiger partial charge is 0.392 e. The standard InChI is InChI=1S/C68H136N2O6S2/c1-7-11-15-19-23-27-31-35-39-43-49-63(71)57-69(58-64(72)50-44-40-36-32-28-24-20-16-12-8-2)55-47-53-67(75)77-61(5)62(6)78-68(76)54-48-56-70(59-65(73)51-45-41-37-33-29-25-21-17-13-9-3)60-66(74)52-46-42-38-34-30-26-22-18-14-10-4/h61-66,71-74H,7-60H2,1-6H3. The molecule has 466 valence electrons. The van der Waals surface area contributed by atoms with E-state index in [1.54, 1.807) is 0 Å². The first-order valence-electron chi connectivity index (χ1n) is 34.5. The van der Waals surface area contributed by atoms with Gasteiger partial charge in [0.05, 0.1) is 24.4 Å². The second-order valence-corrected chi connectivity index (χ2v) is 27.5. The molecule has 0 amide bonds. The van der Waals surface area contributed by atoms with Crippen LogP contribution < -0.4 is 0 Å².